The molecule has 136 heavy (non-hydrogen) atoms. The monoisotopic (exact) mass is 1870 g/mol. The van der Waals surface area contributed by atoms with E-state index >= 15 is 0 Å². The van der Waals surface area contributed by atoms with E-state index < -0.39 is 17.5 Å². The maximum absolute atomic E-state index is 14.8. The number of nitrogens with two attached hydrogens (primary N) is 4. The molecule has 8 aromatic heterocycles. The number of nitrogens with zero attached hydrogens (tertiary/aromatic N) is 26. The largest absolute Gasteiger partial charge is 0.450 e. The Hall–Kier alpha value is -15.4. The van der Waals surface area contributed by atoms with Crippen molar-refractivity contribution >= 4 is 122 Å². The van der Waals surface area contributed by atoms with Crippen LogP contribution in [0, 0.1) is 17.5 Å². The zero-order chi connectivity index (χ0) is 94.8. The number of benzene rings is 5. The summed E-state index contributed by atoms with van der Waals surface area (Å²) < 4.78 is 76.4. The van der Waals surface area contributed by atoms with Gasteiger partial charge in [0.1, 0.15) is 66.0 Å². The molecule has 5 aromatic carbocycles. The number of rotatable bonds is 30. The maximum atomic E-state index is 14.8. The highest BCUT2D eigenvalue weighted by molar-refractivity contribution is 5.69. The summed E-state index contributed by atoms with van der Waals surface area (Å²) in [6.07, 6.45) is 6.83. The molecule has 1 amide bonds. The third kappa shape index (κ3) is 25.7. The molecule has 0 unspecified atom stereocenters. The number of carbonyl (C=O) groups excluding carboxylic acids is 1. The first kappa shape index (κ1) is 95.2. The lowest BCUT2D eigenvalue weighted by Gasteiger charge is -2.31. The van der Waals surface area contributed by atoms with E-state index in [2.05, 4.69) is 159 Å². The molecule has 46 nitrogen and oxygen atoms in total. The van der Waals surface area contributed by atoms with E-state index in [1.54, 1.807) is 52.9 Å². The summed E-state index contributed by atoms with van der Waals surface area (Å²) in [5.41, 5.74) is 30.0. The first-order chi connectivity index (χ1) is 66.2. The van der Waals surface area contributed by atoms with Crippen molar-refractivity contribution in [2.45, 2.75) is 44.8 Å². The van der Waals surface area contributed by atoms with Crippen LogP contribution < -0.4 is 85.1 Å². The summed E-state index contributed by atoms with van der Waals surface area (Å²) in [4.78, 5) is 75.0. The van der Waals surface area contributed by atoms with Gasteiger partial charge in [0, 0.05) is 143 Å². The number of hydrogen-bond acceptors (Lipinski definition) is 41. The van der Waals surface area contributed by atoms with Crippen molar-refractivity contribution in [2.24, 2.45) is 0 Å². The predicted molar refractivity (Wildman–Crippen MR) is 509 cm³/mol. The quantitative estimate of drug-likeness (QED) is 0.0211. The summed E-state index contributed by atoms with van der Waals surface area (Å²) in [6.45, 7) is 18.0. The highest BCUT2D eigenvalue weighted by Gasteiger charge is 2.27. The molecule has 18 N–H and O–H groups in total. The lowest BCUT2D eigenvalue weighted by Crippen LogP contribution is -2.42. The van der Waals surface area contributed by atoms with E-state index in [9.17, 15) is 28.2 Å². The molecule has 0 radical (unpaired) electrons. The summed E-state index contributed by atoms with van der Waals surface area (Å²) in [6, 6.07) is 39.0. The van der Waals surface area contributed by atoms with Crippen LogP contribution in [0.15, 0.2) is 159 Å². The number of hydrogen-bond donors (Lipinski definition) is 14. The Labute approximate surface area is 779 Å². The first-order valence-corrected chi connectivity index (χ1v) is 44.2. The number of piperidine rings is 1. The number of aliphatic hydroxyl groups is 2. The Morgan fingerprint density at radius 3 is 1.30 bits per heavy atom. The SMILES string of the molecule is CCOC(=O)N1CCC(Nc2cc(-n3nc(Nc4ccc(N5CCOCC5)cc4F)nc3N)ncn2)CC1.CN(C)CCNc1cc(-n2nc(N)nc2Nc2ccc(N3CCOCC3)cc2)ncn1.C[C@H](CO)Nc1cc(-n2nc(Nc3ccc(N4CCOCC4)cc3F)nc2N)ncn1.Nc1nc(Nc2ccc(N3CCOCC3)cc2F)nn1-c1cc(N[C@H](CO)c2ccccc2)ncn1. The minimum atomic E-state index is -0.432. The van der Waals surface area contributed by atoms with Gasteiger partial charge in [-0.1, -0.05) is 30.3 Å². The van der Waals surface area contributed by atoms with Crippen LogP contribution in [0.3, 0.4) is 0 Å². The van der Waals surface area contributed by atoms with Gasteiger partial charge in [-0.3, -0.25) is 0 Å². The maximum Gasteiger partial charge on any atom is 0.409 e. The molecule has 0 bridgehead atoms. The molecule has 18 rings (SSSR count). The minimum absolute atomic E-state index is 0.0469. The van der Waals surface area contributed by atoms with Crippen molar-refractivity contribution in [1.82, 2.24) is 109 Å². The second kappa shape index (κ2) is 46.3. The van der Waals surface area contributed by atoms with Crippen molar-refractivity contribution in [3.05, 3.63) is 182 Å². The molecular formula is C87H109F3N38O8. The zero-order valence-corrected chi connectivity index (χ0v) is 75.3. The van der Waals surface area contributed by atoms with Gasteiger partial charge in [-0.05, 0) is 125 Å². The number of carbonyl (C=O) groups is 1. The van der Waals surface area contributed by atoms with Gasteiger partial charge < -0.3 is 129 Å². The summed E-state index contributed by atoms with van der Waals surface area (Å²) >= 11 is 0. The Morgan fingerprint density at radius 2 is 0.875 bits per heavy atom. The lowest BCUT2D eigenvalue weighted by atomic mass is 10.1. The number of nitrogens with one attached hydrogen (secondary N) is 8. The number of aromatic nitrogens is 20. The number of aliphatic hydroxyl groups excluding tert-OH is 2. The van der Waals surface area contributed by atoms with Crippen LogP contribution in [0.2, 0.25) is 0 Å². The van der Waals surface area contributed by atoms with E-state index in [0.717, 1.165) is 120 Å². The Balaban J connectivity index is 0.000000138. The van der Waals surface area contributed by atoms with Crippen molar-refractivity contribution in [3.8, 4) is 23.3 Å². The Kier molecular flexibility index (Phi) is 32.4. The van der Waals surface area contributed by atoms with Crippen LogP contribution in [0.25, 0.3) is 23.3 Å². The number of halogens is 3. The molecule has 0 spiro atoms. The standard InChI is InChI=1S/C24H31FN10O3.C24H26FN9O2.C20H28N10O.C19H24FN9O2/c1-2-38-24(36)34-7-5-16(6-8-34)29-20-14-21(28-15-27-20)35-22(26)31-23(32-35)30-19-4-3-17(13-18(19)25)33-9-11-37-12-10-33;25-18-12-17(33-8-10-36-11-9-33)6-7-19(18)30-24-31-23(26)34(32-24)22-13-21(27-15-28-22)29-20(14-35)16-4-2-1-3-5-16;1-28(2)8-7-22-17-13-18(24-14-23-17)30-20(26-19(21)27-30)25-15-3-5-16(6-4-15)29-9-11-31-12-10-29;1-12(10-30)24-16-9-17(23-11-22-16)29-18(21)26-19(27-29)25-15-3-2-13(8-14(15)20)28-4-6-31-7-5-28/h3-4,13-16H,2,5-12H2,1H3,(H,27,28,29)(H3,26,30,31,32);1-7,12-13,15,20,35H,8-11,14H2,(H,27,28,29)(H3,26,30,31,32);3-6,13-14H,7-12H2,1-2H3,(H,22,23,24)(H3,21,25,26,27);2-3,8-9,11-12,30H,4-7,10H2,1H3,(H,22,23,24)(H3,21,25,26,27)/t;20-;;12-/m.1.1/s1. The van der Waals surface area contributed by atoms with E-state index in [1.807, 2.05) is 87.7 Å². The molecule has 13 heterocycles. The predicted octanol–water partition coefficient (Wildman–Crippen LogP) is 7.24. The van der Waals surface area contributed by atoms with Gasteiger partial charge in [-0.25, -0.2) is 57.8 Å². The van der Waals surface area contributed by atoms with Crippen molar-refractivity contribution in [2.75, 3.05) is 250 Å². The van der Waals surface area contributed by atoms with Crippen LogP contribution >= 0.6 is 0 Å². The van der Waals surface area contributed by atoms with Crippen molar-refractivity contribution in [1.29, 1.82) is 0 Å². The van der Waals surface area contributed by atoms with E-state index in [4.69, 9.17) is 46.6 Å². The van der Waals surface area contributed by atoms with Crippen LogP contribution in [0.1, 0.15) is 38.3 Å². The molecular weight excluding hydrogens is 1760 g/mol. The molecule has 0 aliphatic carbocycles. The van der Waals surface area contributed by atoms with E-state index in [-0.39, 0.29) is 96.1 Å². The molecule has 49 heteroatoms. The number of amides is 1. The van der Waals surface area contributed by atoms with Crippen LogP contribution in [0.5, 0.6) is 0 Å². The van der Waals surface area contributed by atoms with Gasteiger partial charge in [0.05, 0.1) is 95.8 Å². The van der Waals surface area contributed by atoms with Gasteiger partial charge in [0.25, 0.3) is 0 Å². The highest BCUT2D eigenvalue weighted by atomic mass is 19.1. The molecule has 5 fully saturated rings. The molecule has 716 valence electrons. The van der Waals surface area contributed by atoms with Gasteiger partial charge in [-0.15, -0.1) is 20.4 Å². The third-order valence-electron chi connectivity index (χ3n) is 21.8. The van der Waals surface area contributed by atoms with E-state index in [1.165, 1.54) is 63.2 Å². The summed E-state index contributed by atoms with van der Waals surface area (Å²) in [5, 5.41) is 61.0. The molecule has 13 aromatic rings. The van der Waals surface area contributed by atoms with E-state index in [0.29, 0.717) is 112 Å². The molecule has 5 aliphatic rings. The average molecular weight is 1870 g/mol. The second-order valence-electron chi connectivity index (χ2n) is 31.7. The summed E-state index contributed by atoms with van der Waals surface area (Å²) in [7, 11) is 4.05. The van der Waals surface area contributed by atoms with Crippen molar-refractivity contribution < 1.29 is 51.9 Å². The number of anilines is 20. The van der Waals surface area contributed by atoms with Crippen LogP contribution in [-0.4, -0.2) is 302 Å². The highest BCUT2D eigenvalue weighted by Crippen LogP contribution is 2.32. The number of morpholine rings is 4. The van der Waals surface area contributed by atoms with Gasteiger partial charge in [-0.2, -0.15) is 38.7 Å². The fourth-order valence-electron chi connectivity index (χ4n) is 14.8. The molecule has 5 saturated heterocycles. The lowest BCUT2D eigenvalue weighted by molar-refractivity contribution is 0.0983. The number of likely N-dealkylation sites (tertiary alicyclic amines) is 1. The van der Waals surface area contributed by atoms with Crippen molar-refractivity contribution in [3.63, 3.8) is 0 Å². The topological polar surface area (TPSA) is 549 Å². The minimum Gasteiger partial charge on any atom is -0.450 e. The number of nitrogen functional groups attached to an aromatic ring is 4. The molecule has 0 saturated carbocycles. The number of ether oxygens (including phenoxy) is 5. The Morgan fingerprint density at radius 1 is 0.471 bits per heavy atom. The second-order valence-corrected chi connectivity index (χ2v) is 31.7. The van der Waals surface area contributed by atoms with Gasteiger partial charge in [0.15, 0.2) is 23.3 Å². The van der Waals surface area contributed by atoms with Crippen LogP contribution in [-0.2, 0) is 23.7 Å². The molecule has 5 aliphatic heterocycles. The Bertz CT molecular complexity index is 6030. The smallest absolute Gasteiger partial charge is 0.409 e. The first-order valence-electron chi connectivity index (χ1n) is 44.2. The fourth-order valence-corrected chi connectivity index (χ4v) is 14.8. The average Bonchev–Trinajstić information content (AvgIpc) is 1.03. The zero-order valence-electron chi connectivity index (χ0n) is 75.3. The van der Waals surface area contributed by atoms with Crippen LogP contribution in [0.4, 0.5) is 134 Å². The number of likely N-dealkylation sites (N-methyl/N-ethyl adjacent to an activating group) is 1. The van der Waals surface area contributed by atoms with Gasteiger partial charge in [0.2, 0.25) is 47.6 Å². The third-order valence-corrected chi connectivity index (χ3v) is 21.8. The summed E-state index contributed by atoms with van der Waals surface area (Å²) in [5.74, 6) is 3.97. The normalized spacial score (nSPS) is 15.0. The molecule has 2 atom stereocenters. The van der Waals surface area contributed by atoms with Gasteiger partial charge >= 0.3 is 6.09 Å². The fraction of sp³-hybridized carbons (Fsp3) is 0.368.